The first-order chi connectivity index (χ1) is 13.8. The Hall–Kier alpha value is -1.66. The van der Waals surface area contributed by atoms with E-state index in [4.69, 9.17) is 14.2 Å². The van der Waals surface area contributed by atoms with E-state index in [1.807, 2.05) is 6.07 Å². The fourth-order valence-electron chi connectivity index (χ4n) is 6.40. The van der Waals surface area contributed by atoms with Gasteiger partial charge in [-0.3, -0.25) is 4.79 Å². The van der Waals surface area contributed by atoms with Crippen molar-refractivity contribution >= 4 is 5.91 Å². The van der Waals surface area contributed by atoms with Crippen LogP contribution in [0.25, 0.3) is 0 Å². The zero-order valence-corrected chi connectivity index (χ0v) is 17.8. The molecule has 6 heteroatoms. The second-order valence-corrected chi connectivity index (χ2v) is 9.48. The maximum Gasteiger partial charge on any atom is 0.222 e. The molecule has 1 amide bonds. The molecule has 0 radical (unpaired) electrons. The fourth-order valence-corrected chi connectivity index (χ4v) is 6.40. The summed E-state index contributed by atoms with van der Waals surface area (Å²) in [4.78, 5) is 12.6. The third-order valence-corrected chi connectivity index (χ3v) is 7.85. The van der Waals surface area contributed by atoms with Crippen LogP contribution >= 0.6 is 0 Å². The largest absolute Gasteiger partial charge is 0.494 e. The highest BCUT2D eigenvalue weighted by Gasteiger charge is 2.68. The molecule has 160 valence electrons. The van der Waals surface area contributed by atoms with Gasteiger partial charge in [-0.1, -0.05) is 19.9 Å². The second-order valence-electron chi connectivity index (χ2n) is 9.48. The molecule has 2 saturated carbocycles. The van der Waals surface area contributed by atoms with E-state index in [9.17, 15) is 9.18 Å². The number of rotatable bonds is 6. The monoisotopic (exact) mass is 405 g/mol. The summed E-state index contributed by atoms with van der Waals surface area (Å²) in [6.07, 6.45) is 3.41. The van der Waals surface area contributed by atoms with Crippen molar-refractivity contribution in [3.05, 3.63) is 29.6 Å². The SMILES string of the molecule is COCCC(=O)N[C@@H]1C(C)(C)[C@@H]2C[C@@H]3[C@@H](c4ccc(F)c(OC)c4)OCC[C@@]31C2. The molecular formula is C23H32FNO4. The third-order valence-electron chi connectivity index (χ3n) is 7.85. The minimum Gasteiger partial charge on any atom is -0.494 e. The quantitative estimate of drug-likeness (QED) is 0.781. The Labute approximate surface area is 172 Å². The lowest BCUT2D eigenvalue weighted by molar-refractivity contribution is -0.137. The van der Waals surface area contributed by atoms with Crippen LogP contribution in [0.3, 0.4) is 0 Å². The van der Waals surface area contributed by atoms with Crippen molar-refractivity contribution in [3.63, 3.8) is 0 Å². The number of ether oxygens (including phenoxy) is 3. The Morgan fingerprint density at radius 3 is 2.86 bits per heavy atom. The van der Waals surface area contributed by atoms with Crippen molar-refractivity contribution < 1.29 is 23.4 Å². The highest BCUT2D eigenvalue weighted by molar-refractivity contribution is 5.76. The predicted molar refractivity (Wildman–Crippen MR) is 107 cm³/mol. The van der Waals surface area contributed by atoms with Crippen LogP contribution in [-0.4, -0.2) is 39.4 Å². The van der Waals surface area contributed by atoms with Gasteiger partial charge >= 0.3 is 0 Å². The highest BCUT2D eigenvalue weighted by atomic mass is 19.1. The van der Waals surface area contributed by atoms with Gasteiger partial charge in [0.25, 0.3) is 0 Å². The standard InChI is InChI=1S/C23H32FNO4/c1-22(2)15-12-16-20(14-5-6-17(24)18(11-14)28-4)29-10-8-23(16,13-15)21(22)25-19(26)7-9-27-3/h5-6,11,15-16,20-21H,7-10,12-13H2,1-4H3,(H,25,26)/t15-,16-,20-,21-,23-/m1/s1. The molecule has 1 saturated heterocycles. The smallest absolute Gasteiger partial charge is 0.222 e. The van der Waals surface area contributed by atoms with Crippen molar-refractivity contribution in [3.8, 4) is 5.75 Å². The first-order valence-electron chi connectivity index (χ1n) is 10.6. The maximum absolute atomic E-state index is 13.9. The van der Waals surface area contributed by atoms with E-state index < -0.39 is 0 Å². The first kappa shape index (κ1) is 20.6. The summed E-state index contributed by atoms with van der Waals surface area (Å²) in [6, 6.07) is 5.14. The Morgan fingerprint density at radius 2 is 2.14 bits per heavy atom. The van der Waals surface area contributed by atoms with E-state index in [0.29, 0.717) is 31.5 Å². The molecule has 2 bridgehead atoms. The number of carbonyl (C=O) groups excluding carboxylic acids is 1. The zero-order valence-electron chi connectivity index (χ0n) is 17.8. The Bertz CT molecular complexity index is 782. The van der Waals surface area contributed by atoms with Crippen molar-refractivity contribution in [2.45, 2.75) is 51.7 Å². The molecular weight excluding hydrogens is 373 g/mol. The van der Waals surface area contributed by atoms with Gasteiger partial charge in [-0.15, -0.1) is 0 Å². The average Bonchev–Trinajstić information content (AvgIpc) is 3.19. The first-order valence-corrected chi connectivity index (χ1v) is 10.6. The van der Waals surface area contributed by atoms with Crippen LogP contribution in [-0.2, 0) is 14.3 Å². The van der Waals surface area contributed by atoms with Crippen LogP contribution in [0.1, 0.15) is 51.2 Å². The summed E-state index contributed by atoms with van der Waals surface area (Å²) in [5.74, 6) is 0.777. The van der Waals surface area contributed by atoms with Gasteiger partial charge in [-0.05, 0) is 59.6 Å². The number of methoxy groups -OCH3 is 2. The number of hydrogen-bond acceptors (Lipinski definition) is 4. The molecule has 2 aliphatic carbocycles. The van der Waals surface area contributed by atoms with E-state index in [2.05, 4.69) is 19.2 Å². The summed E-state index contributed by atoms with van der Waals surface area (Å²) in [6.45, 7) is 5.65. The molecule has 1 N–H and O–H groups in total. The summed E-state index contributed by atoms with van der Waals surface area (Å²) < 4.78 is 30.5. The van der Waals surface area contributed by atoms with Gasteiger partial charge in [0.15, 0.2) is 11.6 Å². The van der Waals surface area contributed by atoms with Gasteiger partial charge in [0.2, 0.25) is 5.91 Å². The molecule has 3 fully saturated rings. The van der Waals surface area contributed by atoms with Crippen LogP contribution in [0.5, 0.6) is 5.75 Å². The number of nitrogens with one attached hydrogen (secondary N) is 1. The minimum atomic E-state index is -0.362. The summed E-state index contributed by atoms with van der Waals surface area (Å²) in [5, 5.41) is 3.37. The summed E-state index contributed by atoms with van der Waals surface area (Å²) in [7, 11) is 3.10. The maximum atomic E-state index is 13.9. The Kier molecular flexibility index (Phi) is 5.36. The van der Waals surface area contributed by atoms with E-state index >= 15 is 0 Å². The van der Waals surface area contributed by atoms with Crippen LogP contribution in [0.4, 0.5) is 4.39 Å². The second kappa shape index (κ2) is 7.55. The lowest BCUT2D eigenvalue weighted by atomic mass is 9.59. The number of fused-ring (bicyclic) bond motifs is 1. The molecule has 4 rings (SSSR count). The van der Waals surface area contributed by atoms with Crippen molar-refractivity contribution in [1.82, 2.24) is 5.32 Å². The number of amides is 1. The minimum absolute atomic E-state index is 0.0153. The van der Waals surface area contributed by atoms with Gasteiger partial charge in [0.1, 0.15) is 0 Å². The molecule has 1 heterocycles. The Morgan fingerprint density at radius 1 is 1.34 bits per heavy atom. The van der Waals surface area contributed by atoms with Gasteiger partial charge in [0.05, 0.1) is 19.8 Å². The fraction of sp³-hybridized carbons (Fsp3) is 0.696. The number of carbonyl (C=O) groups is 1. The molecule has 1 aliphatic heterocycles. The van der Waals surface area contributed by atoms with Gasteiger partial charge < -0.3 is 19.5 Å². The van der Waals surface area contributed by atoms with Crippen molar-refractivity contribution in [1.29, 1.82) is 0 Å². The van der Waals surface area contributed by atoms with Gasteiger partial charge in [0, 0.05) is 26.2 Å². The molecule has 3 aliphatic rings. The molecule has 1 aromatic carbocycles. The summed E-state index contributed by atoms with van der Waals surface area (Å²) >= 11 is 0. The molecule has 0 unspecified atom stereocenters. The van der Waals surface area contributed by atoms with Crippen molar-refractivity contribution in [2.24, 2.45) is 22.7 Å². The van der Waals surface area contributed by atoms with E-state index in [1.165, 1.54) is 13.2 Å². The lowest BCUT2D eigenvalue weighted by Gasteiger charge is -2.53. The summed E-state index contributed by atoms with van der Waals surface area (Å²) in [5.41, 5.74) is 1.02. The van der Waals surface area contributed by atoms with Crippen molar-refractivity contribution in [2.75, 3.05) is 27.4 Å². The topological polar surface area (TPSA) is 56.8 Å². The molecule has 1 spiro atoms. The van der Waals surface area contributed by atoms with E-state index in [-0.39, 0.29) is 40.4 Å². The third kappa shape index (κ3) is 3.25. The predicted octanol–water partition coefficient (Wildman–Crippen LogP) is 3.87. The van der Waals surface area contributed by atoms with Gasteiger partial charge in [-0.2, -0.15) is 0 Å². The number of hydrogen-bond donors (Lipinski definition) is 1. The van der Waals surface area contributed by atoms with Crippen LogP contribution < -0.4 is 10.1 Å². The van der Waals surface area contributed by atoms with Crippen LogP contribution in [0, 0.1) is 28.5 Å². The normalized spacial score (nSPS) is 34.7. The molecule has 5 atom stereocenters. The number of benzene rings is 1. The van der Waals surface area contributed by atoms with E-state index in [0.717, 1.165) is 24.8 Å². The average molecular weight is 406 g/mol. The zero-order chi connectivity index (χ0) is 20.8. The van der Waals surface area contributed by atoms with E-state index in [1.54, 1.807) is 13.2 Å². The van der Waals surface area contributed by atoms with Gasteiger partial charge in [-0.25, -0.2) is 4.39 Å². The highest BCUT2D eigenvalue weighted by Crippen LogP contribution is 2.70. The Balaban J connectivity index is 1.64. The molecule has 1 aromatic rings. The van der Waals surface area contributed by atoms with Crippen LogP contribution in [0.15, 0.2) is 18.2 Å². The number of halogens is 1. The van der Waals surface area contributed by atoms with Crippen LogP contribution in [0.2, 0.25) is 0 Å². The lowest BCUT2D eigenvalue weighted by Crippen LogP contribution is -2.59. The molecule has 5 nitrogen and oxygen atoms in total. The molecule has 29 heavy (non-hydrogen) atoms. The molecule has 0 aromatic heterocycles.